The lowest BCUT2D eigenvalue weighted by atomic mass is 10.2. The number of likely N-dealkylation sites (tertiary alicyclic amines) is 1. The molecule has 0 aromatic rings. The lowest BCUT2D eigenvalue weighted by Gasteiger charge is -2.35. The van der Waals surface area contributed by atoms with E-state index in [1.165, 1.54) is 0 Å². The van der Waals surface area contributed by atoms with Crippen molar-refractivity contribution in [3.63, 3.8) is 0 Å². The molecule has 0 radical (unpaired) electrons. The lowest BCUT2D eigenvalue weighted by Crippen LogP contribution is -2.62. The van der Waals surface area contributed by atoms with Crippen LogP contribution in [0.25, 0.3) is 0 Å². The number of hydrogen-bond acceptors (Lipinski definition) is 4. The van der Waals surface area contributed by atoms with E-state index in [0.29, 0.717) is 0 Å². The molecule has 7 heteroatoms. The molecule has 0 aromatic carbocycles. The van der Waals surface area contributed by atoms with Gasteiger partial charge in [-0.1, -0.05) is 0 Å². The van der Waals surface area contributed by atoms with Crippen LogP contribution in [0.2, 0.25) is 0 Å². The summed E-state index contributed by atoms with van der Waals surface area (Å²) in [7, 11) is -3.29. The molecule has 1 atom stereocenters. The van der Waals surface area contributed by atoms with Crippen molar-refractivity contribution in [2.45, 2.75) is 5.25 Å². The van der Waals surface area contributed by atoms with Gasteiger partial charge in [-0.25, -0.2) is 8.42 Å². The van der Waals surface area contributed by atoms with Gasteiger partial charge in [0.25, 0.3) is 0 Å². The third kappa shape index (κ3) is 1.42. The zero-order valence-electron chi connectivity index (χ0n) is 6.35. The topological polar surface area (TPSA) is 80.5 Å². The minimum Gasteiger partial charge on any atom is -0.376 e. The molecule has 1 aliphatic rings. The maximum atomic E-state index is 11.0. The number of rotatable bonds is 1. The Labute approximate surface area is 75.4 Å². The molecule has 0 aliphatic carbocycles. The Morgan fingerprint density at radius 3 is 2.50 bits per heavy atom. The van der Waals surface area contributed by atoms with Crippen molar-refractivity contribution in [3.05, 3.63) is 0 Å². The number of carbonyl (C=O) groups is 1. The Kier molecular flexibility index (Phi) is 2.09. The van der Waals surface area contributed by atoms with E-state index in [-0.39, 0.29) is 11.7 Å². The first-order valence-corrected chi connectivity index (χ1v) is 5.50. The third-order valence-electron chi connectivity index (χ3n) is 1.67. The van der Waals surface area contributed by atoms with Crippen LogP contribution in [0.1, 0.15) is 0 Å². The molecule has 1 rings (SSSR count). The highest BCUT2D eigenvalue weighted by atomic mass is 32.2. The van der Waals surface area contributed by atoms with Crippen molar-refractivity contribution >= 4 is 33.1 Å². The van der Waals surface area contributed by atoms with E-state index in [1.807, 2.05) is 0 Å². The van der Waals surface area contributed by atoms with Crippen LogP contribution in [0.5, 0.6) is 0 Å². The fraction of sp³-hybridized carbons (Fsp3) is 0.600. The van der Waals surface area contributed by atoms with Crippen molar-refractivity contribution in [3.8, 4) is 0 Å². The van der Waals surface area contributed by atoms with Crippen molar-refractivity contribution in [1.29, 1.82) is 0 Å². The maximum absolute atomic E-state index is 11.0. The van der Waals surface area contributed by atoms with Gasteiger partial charge in [-0.3, -0.25) is 9.69 Å². The number of nitrogens with two attached hydrogens (primary N) is 1. The molecule has 68 valence electrons. The highest BCUT2D eigenvalue weighted by Crippen LogP contribution is 2.16. The number of thiocarbonyl (C=S) groups is 1. The Balaban J connectivity index is 2.74. The van der Waals surface area contributed by atoms with E-state index in [2.05, 4.69) is 12.2 Å². The van der Waals surface area contributed by atoms with Crippen molar-refractivity contribution in [1.82, 2.24) is 4.90 Å². The van der Waals surface area contributed by atoms with E-state index in [0.717, 1.165) is 11.2 Å². The van der Waals surface area contributed by atoms with Crippen LogP contribution in [0.15, 0.2) is 0 Å². The molecule has 0 saturated carbocycles. The van der Waals surface area contributed by atoms with Crippen LogP contribution in [-0.2, 0) is 14.6 Å². The third-order valence-corrected chi connectivity index (χ3v) is 3.28. The molecule has 5 nitrogen and oxygen atoms in total. The number of carbonyl (C=O) groups excluding carboxylic acids is 1. The van der Waals surface area contributed by atoms with Crippen LogP contribution in [0.3, 0.4) is 0 Å². The minimum absolute atomic E-state index is 0.0695. The average molecular weight is 208 g/mol. The summed E-state index contributed by atoms with van der Waals surface area (Å²) in [6.07, 6.45) is 1.02. The van der Waals surface area contributed by atoms with Crippen LogP contribution in [-0.4, -0.2) is 42.4 Å². The Morgan fingerprint density at radius 1 is 1.75 bits per heavy atom. The van der Waals surface area contributed by atoms with Gasteiger partial charge in [0.05, 0.1) is 6.54 Å². The molecule has 0 spiro atoms. The SMILES string of the molecule is CS(=O)(=O)C1CN(C(N)=S)C1=O. The van der Waals surface area contributed by atoms with Gasteiger partial charge in [0.1, 0.15) is 0 Å². The second kappa shape index (κ2) is 2.67. The van der Waals surface area contributed by atoms with E-state index in [1.54, 1.807) is 0 Å². The molecule has 1 fully saturated rings. The molecule has 0 aromatic heterocycles. The quantitative estimate of drug-likeness (QED) is 0.418. The second-order valence-electron chi connectivity index (χ2n) is 2.61. The highest BCUT2D eigenvalue weighted by molar-refractivity contribution is 7.92. The molecule has 12 heavy (non-hydrogen) atoms. The molecule has 1 saturated heterocycles. The Bertz CT molecular complexity index is 335. The van der Waals surface area contributed by atoms with E-state index >= 15 is 0 Å². The smallest absolute Gasteiger partial charge is 0.248 e. The first kappa shape index (κ1) is 9.40. The van der Waals surface area contributed by atoms with Gasteiger partial charge < -0.3 is 5.73 Å². The number of sulfone groups is 1. The highest BCUT2D eigenvalue weighted by Gasteiger charge is 2.44. The summed E-state index contributed by atoms with van der Waals surface area (Å²) >= 11 is 4.51. The normalized spacial score (nSPS) is 23.6. The Hall–Kier alpha value is -0.690. The summed E-state index contributed by atoms with van der Waals surface area (Å²) in [5, 5.41) is -1.01. The predicted octanol–water partition coefficient (Wildman–Crippen LogP) is -1.51. The molecular formula is C5H8N2O3S2. The molecule has 1 unspecified atom stereocenters. The summed E-state index contributed by atoms with van der Waals surface area (Å²) in [6, 6.07) is 0. The monoisotopic (exact) mass is 208 g/mol. The number of nitrogens with zero attached hydrogens (tertiary/aromatic N) is 1. The van der Waals surface area contributed by atoms with Gasteiger partial charge in [0, 0.05) is 6.26 Å². The number of hydrogen-bond donors (Lipinski definition) is 1. The molecule has 2 N–H and O–H groups in total. The minimum atomic E-state index is -3.29. The largest absolute Gasteiger partial charge is 0.376 e. The van der Waals surface area contributed by atoms with Crippen molar-refractivity contribution in [2.75, 3.05) is 12.8 Å². The Morgan fingerprint density at radius 2 is 2.25 bits per heavy atom. The first-order valence-electron chi connectivity index (χ1n) is 3.13. The van der Waals surface area contributed by atoms with Gasteiger partial charge in [-0.2, -0.15) is 0 Å². The second-order valence-corrected chi connectivity index (χ2v) is 5.25. The maximum Gasteiger partial charge on any atom is 0.248 e. The standard InChI is InChI=1S/C5H8N2O3S2/c1-12(9,10)3-2-7(4(3)8)5(6)11/h3H,2H2,1H3,(H2,6,11). The summed E-state index contributed by atoms with van der Waals surface area (Å²) in [4.78, 5) is 12.1. The van der Waals surface area contributed by atoms with Crippen LogP contribution in [0, 0.1) is 0 Å². The van der Waals surface area contributed by atoms with Crippen molar-refractivity contribution < 1.29 is 13.2 Å². The molecule has 1 amide bonds. The van der Waals surface area contributed by atoms with Gasteiger partial charge in [-0.15, -0.1) is 0 Å². The van der Waals surface area contributed by atoms with Crippen LogP contribution < -0.4 is 5.73 Å². The fourth-order valence-electron chi connectivity index (χ4n) is 0.912. The van der Waals surface area contributed by atoms with Crippen LogP contribution in [0.4, 0.5) is 0 Å². The number of amides is 1. The molecule has 1 heterocycles. The summed E-state index contributed by atoms with van der Waals surface area (Å²) in [5.74, 6) is -0.523. The molecular weight excluding hydrogens is 200 g/mol. The van der Waals surface area contributed by atoms with E-state index < -0.39 is 21.0 Å². The zero-order valence-corrected chi connectivity index (χ0v) is 7.98. The summed E-state index contributed by atoms with van der Waals surface area (Å²) in [6.45, 7) is 0.0903. The van der Waals surface area contributed by atoms with E-state index in [9.17, 15) is 13.2 Å². The summed E-state index contributed by atoms with van der Waals surface area (Å²) < 4.78 is 21.7. The first-order chi connectivity index (χ1) is 5.34. The number of β-lactam (4-membered cyclic amide) rings is 1. The lowest BCUT2D eigenvalue weighted by molar-refractivity contribution is -0.133. The van der Waals surface area contributed by atoms with E-state index in [4.69, 9.17) is 5.73 Å². The zero-order chi connectivity index (χ0) is 9.52. The fourth-order valence-corrected chi connectivity index (χ4v) is 1.99. The summed E-state index contributed by atoms with van der Waals surface area (Å²) in [5.41, 5.74) is 5.14. The molecule has 0 bridgehead atoms. The van der Waals surface area contributed by atoms with Gasteiger partial charge in [0.2, 0.25) is 5.91 Å². The molecule has 1 aliphatic heterocycles. The van der Waals surface area contributed by atoms with Gasteiger partial charge >= 0.3 is 0 Å². The van der Waals surface area contributed by atoms with Crippen LogP contribution >= 0.6 is 12.2 Å². The average Bonchev–Trinajstić information content (AvgIpc) is 1.80. The van der Waals surface area contributed by atoms with Crippen molar-refractivity contribution in [2.24, 2.45) is 5.73 Å². The van der Waals surface area contributed by atoms with Gasteiger partial charge in [0.15, 0.2) is 20.2 Å². The predicted molar refractivity (Wildman–Crippen MR) is 47.1 cm³/mol. The van der Waals surface area contributed by atoms with Gasteiger partial charge in [-0.05, 0) is 12.2 Å².